The van der Waals surface area contributed by atoms with Gasteiger partial charge in [0.05, 0.1) is 5.69 Å². The normalized spacial score (nSPS) is 17.6. The van der Waals surface area contributed by atoms with Crippen LogP contribution < -0.4 is 10.2 Å². The molecule has 24 heavy (non-hydrogen) atoms. The number of nitrogens with one attached hydrogen (secondary N) is 1. The average molecular weight is 328 g/mol. The Morgan fingerprint density at radius 2 is 2.17 bits per heavy atom. The van der Waals surface area contributed by atoms with E-state index in [2.05, 4.69) is 20.2 Å². The van der Waals surface area contributed by atoms with Gasteiger partial charge in [-0.1, -0.05) is 12.1 Å². The van der Waals surface area contributed by atoms with Crippen LogP contribution in [0.5, 0.6) is 0 Å². The number of piperidine rings is 1. The Bertz CT molecular complexity index is 750. The molecule has 2 aromatic rings. The summed E-state index contributed by atoms with van der Waals surface area (Å²) in [5.41, 5.74) is 2.04. The fourth-order valence-corrected chi connectivity index (χ4v) is 3.02. The summed E-state index contributed by atoms with van der Waals surface area (Å²) in [5, 5.41) is 2.97. The molecule has 3 rings (SSSR count). The zero-order chi connectivity index (χ0) is 17.1. The van der Waals surface area contributed by atoms with Crippen LogP contribution in [0.3, 0.4) is 0 Å². The number of aromatic nitrogens is 2. The number of rotatable bonds is 3. The molecular formula is C18H21FN4O. The molecule has 1 aromatic heterocycles. The molecule has 5 nitrogen and oxygen atoms in total. The summed E-state index contributed by atoms with van der Waals surface area (Å²) in [6.07, 6.45) is 3.46. The molecule has 0 bridgehead atoms. The third kappa shape index (κ3) is 3.69. The summed E-state index contributed by atoms with van der Waals surface area (Å²) < 4.78 is 13.8. The van der Waals surface area contributed by atoms with E-state index in [-0.39, 0.29) is 17.8 Å². The number of amides is 1. The van der Waals surface area contributed by atoms with Gasteiger partial charge in [0, 0.05) is 37.7 Å². The van der Waals surface area contributed by atoms with Gasteiger partial charge in [0.1, 0.15) is 18.0 Å². The molecule has 1 amide bonds. The topological polar surface area (TPSA) is 58.1 Å². The lowest BCUT2D eigenvalue weighted by Gasteiger charge is -2.33. The van der Waals surface area contributed by atoms with E-state index in [0.29, 0.717) is 11.3 Å². The predicted octanol–water partition coefficient (Wildman–Crippen LogP) is 2.70. The minimum Gasteiger partial charge on any atom is -0.354 e. The van der Waals surface area contributed by atoms with Gasteiger partial charge in [0.25, 0.3) is 0 Å². The van der Waals surface area contributed by atoms with Crippen LogP contribution in [-0.2, 0) is 4.79 Å². The molecule has 1 saturated heterocycles. The van der Waals surface area contributed by atoms with Crippen LogP contribution in [0.4, 0.5) is 10.2 Å². The molecule has 1 aliphatic rings. The number of aryl methyl sites for hydroxylation is 1. The lowest BCUT2D eigenvalue weighted by atomic mass is 10.1. The van der Waals surface area contributed by atoms with E-state index in [4.69, 9.17) is 0 Å². The van der Waals surface area contributed by atoms with Crippen LogP contribution in [-0.4, -0.2) is 35.0 Å². The van der Waals surface area contributed by atoms with Crippen molar-refractivity contribution in [2.24, 2.45) is 0 Å². The number of anilines is 1. The second kappa shape index (κ2) is 6.95. The van der Waals surface area contributed by atoms with E-state index < -0.39 is 0 Å². The van der Waals surface area contributed by atoms with Gasteiger partial charge in [-0.15, -0.1) is 0 Å². The Kier molecular flexibility index (Phi) is 4.74. The molecule has 0 spiro atoms. The fraction of sp³-hybridized carbons (Fsp3) is 0.389. The van der Waals surface area contributed by atoms with Gasteiger partial charge >= 0.3 is 0 Å². The highest BCUT2D eigenvalue weighted by Gasteiger charge is 2.21. The standard InChI is InChI=1S/C18H21FN4O/c1-12-5-6-14(8-16(12)19)17-9-18(21-11-20-17)23-7-3-4-15(10-23)22-13(2)24/h5-6,8-9,11,15H,3-4,7,10H2,1-2H3,(H,22,24). The Balaban J connectivity index is 1.82. The Hall–Kier alpha value is -2.50. The third-order valence-electron chi connectivity index (χ3n) is 4.27. The molecule has 0 saturated carbocycles. The van der Waals surface area contributed by atoms with Crippen molar-refractivity contribution in [1.82, 2.24) is 15.3 Å². The van der Waals surface area contributed by atoms with E-state index in [1.165, 1.54) is 19.3 Å². The molecule has 2 heterocycles. The highest BCUT2D eigenvalue weighted by Crippen LogP contribution is 2.24. The number of carbonyl (C=O) groups is 1. The maximum atomic E-state index is 13.8. The summed E-state index contributed by atoms with van der Waals surface area (Å²) in [7, 11) is 0. The van der Waals surface area contributed by atoms with Crippen LogP contribution in [0.25, 0.3) is 11.3 Å². The number of benzene rings is 1. The smallest absolute Gasteiger partial charge is 0.217 e. The summed E-state index contributed by atoms with van der Waals surface area (Å²) in [4.78, 5) is 22.0. The van der Waals surface area contributed by atoms with Crippen LogP contribution in [0.2, 0.25) is 0 Å². The summed E-state index contributed by atoms with van der Waals surface area (Å²) in [6.45, 7) is 4.88. The minimum absolute atomic E-state index is 0.0136. The fourth-order valence-electron chi connectivity index (χ4n) is 3.02. The first-order valence-electron chi connectivity index (χ1n) is 8.13. The molecule has 1 atom stereocenters. The molecular weight excluding hydrogens is 307 g/mol. The zero-order valence-corrected chi connectivity index (χ0v) is 13.9. The number of hydrogen-bond donors (Lipinski definition) is 1. The number of nitrogens with zero attached hydrogens (tertiary/aromatic N) is 3. The van der Waals surface area contributed by atoms with Crippen molar-refractivity contribution in [3.63, 3.8) is 0 Å². The zero-order valence-electron chi connectivity index (χ0n) is 13.9. The van der Waals surface area contributed by atoms with Gasteiger partial charge in [0.15, 0.2) is 0 Å². The van der Waals surface area contributed by atoms with Crippen molar-refractivity contribution in [3.8, 4) is 11.3 Å². The molecule has 6 heteroatoms. The van der Waals surface area contributed by atoms with Crippen molar-refractivity contribution < 1.29 is 9.18 Å². The second-order valence-corrected chi connectivity index (χ2v) is 6.21. The van der Waals surface area contributed by atoms with Gasteiger partial charge in [-0.2, -0.15) is 0 Å². The largest absolute Gasteiger partial charge is 0.354 e. The Morgan fingerprint density at radius 3 is 2.92 bits per heavy atom. The Labute approximate surface area is 140 Å². The summed E-state index contributed by atoms with van der Waals surface area (Å²) in [5.74, 6) is 0.549. The van der Waals surface area contributed by atoms with Gasteiger partial charge in [-0.25, -0.2) is 14.4 Å². The van der Waals surface area contributed by atoms with Gasteiger partial charge in [0.2, 0.25) is 5.91 Å². The minimum atomic E-state index is -0.239. The first-order valence-corrected chi connectivity index (χ1v) is 8.13. The molecule has 0 radical (unpaired) electrons. The lowest BCUT2D eigenvalue weighted by Crippen LogP contribution is -2.47. The molecule has 0 aliphatic carbocycles. The molecule has 1 N–H and O–H groups in total. The van der Waals surface area contributed by atoms with Crippen molar-refractivity contribution >= 4 is 11.7 Å². The maximum absolute atomic E-state index is 13.8. The number of hydrogen-bond acceptors (Lipinski definition) is 4. The van der Waals surface area contributed by atoms with Crippen molar-refractivity contribution in [2.45, 2.75) is 32.7 Å². The van der Waals surface area contributed by atoms with E-state index in [0.717, 1.165) is 37.3 Å². The highest BCUT2D eigenvalue weighted by atomic mass is 19.1. The quantitative estimate of drug-likeness (QED) is 0.941. The SMILES string of the molecule is CC(=O)NC1CCCN(c2cc(-c3ccc(C)c(F)c3)ncn2)C1. The van der Waals surface area contributed by atoms with E-state index >= 15 is 0 Å². The van der Waals surface area contributed by atoms with Crippen molar-refractivity contribution in [1.29, 1.82) is 0 Å². The van der Waals surface area contributed by atoms with Gasteiger partial charge in [-0.3, -0.25) is 4.79 Å². The van der Waals surface area contributed by atoms with Crippen LogP contribution >= 0.6 is 0 Å². The molecule has 126 valence electrons. The lowest BCUT2D eigenvalue weighted by molar-refractivity contribution is -0.119. The number of halogens is 1. The monoisotopic (exact) mass is 328 g/mol. The molecule has 1 fully saturated rings. The first kappa shape index (κ1) is 16.4. The van der Waals surface area contributed by atoms with Crippen LogP contribution in [0.1, 0.15) is 25.3 Å². The van der Waals surface area contributed by atoms with Crippen molar-refractivity contribution in [2.75, 3.05) is 18.0 Å². The number of carbonyl (C=O) groups excluding carboxylic acids is 1. The van der Waals surface area contributed by atoms with E-state index in [1.807, 2.05) is 12.1 Å². The predicted molar refractivity (Wildman–Crippen MR) is 91.2 cm³/mol. The average Bonchev–Trinajstić information content (AvgIpc) is 2.57. The molecule has 1 aliphatic heterocycles. The highest BCUT2D eigenvalue weighted by molar-refractivity contribution is 5.73. The second-order valence-electron chi connectivity index (χ2n) is 6.21. The third-order valence-corrected chi connectivity index (χ3v) is 4.27. The summed E-state index contributed by atoms with van der Waals surface area (Å²) in [6, 6.07) is 7.12. The maximum Gasteiger partial charge on any atom is 0.217 e. The summed E-state index contributed by atoms with van der Waals surface area (Å²) >= 11 is 0. The van der Waals surface area contributed by atoms with Crippen LogP contribution in [0, 0.1) is 12.7 Å². The van der Waals surface area contributed by atoms with E-state index in [1.54, 1.807) is 13.0 Å². The van der Waals surface area contributed by atoms with Crippen molar-refractivity contribution in [3.05, 3.63) is 42.0 Å². The molecule has 1 aromatic carbocycles. The Morgan fingerprint density at radius 1 is 1.33 bits per heavy atom. The van der Waals surface area contributed by atoms with Gasteiger partial charge < -0.3 is 10.2 Å². The van der Waals surface area contributed by atoms with Crippen LogP contribution in [0.15, 0.2) is 30.6 Å². The first-order chi connectivity index (χ1) is 11.5. The molecule has 1 unspecified atom stereocenters. The van der Waals surface area contributed by atoms with Gasteiger partial charge in [-0.05, 0) is 31.4 Å². The van der Waals surface area contributed by atoms with E-state index in [9.17, 15) is 9.18 Å².